The van der Waals surface area contributed by atoms with E-state index in [0.717, 1.165) is 6.42 Å². The maximum Gasteiger partial charge on any atom is 0.0224 e. The summed E-state index contributed by atoms with van der Waals surface area (Å²) in [7, 11) is 0. The second kappa shape index (κ2) is 6.27. The molecule has 0 aliphatic heterocycles. The summed E-state index contributed by atoms with van der Waals surface area (Å²) in [5, 5.41) is 0. The Morgan fingerprint density at radius 3 is 2.80 bits per heavy atom. The zero-order chi connectivity index (χ0) is 7.82. The smallest absolute Gasteiger partial charge is 0.0224 e. The maximum atomic E-state index is 4.06. The Morgan fingerprint density at radius 1 is 1.60 bits per heavy atom. The van der Waals surface area contributed by atoms with Crippen LogP contribution in [0.2, 0.25) is 0 Å². The molecule has 0 heterocycles. The lowest BCUT2D eigenvalue weighted by atomic mass is 10.2. The summed E-state index contributed by atoms with van der Waals surface area (Å²) in [5.41, 5.74) is 0. The summed E-state index contributed by atoms with van der Waals surface area (Å²) in [5.74, 6) is 0.376. The fourth-order valence-corrected chi connectivity index (χ4v) is 0.413. The molecule has 10 heavy (non-hydrogen) atoms. The Morgan fingerprint density at radius 2 is 2.30 bits per heavy atom. The van der Waals surface area contributed by atoms with Gasteiger partial charge >= 0.3 is 0 Å². The van der Waals surface area contributed by atoms with Crippen molar-refractivity contribution >= 4 is 6.21 Å². The topological polar surface area (TPSA) is 12.4 Å². The molecule has 56 valence electrons. The molecule has 0 aromatic heterocycles. The third-order valence-electron chi connectivity index (χ3n) is 1.12. The average molecular weight is 137 g/mol. The molecule has 0 aromatic rings. The lowest BCUT2D eigenvalue weighted by Crippen LogP contribution is -1.87. The molecule has 0 saturated heterocycles. The van der Waals surface area contributed by atoms with Gasteiger partial charge < -0.3 is 0 Å². The highest BCUT2D eigenvalue weighted by molar-refractivity contribution is 5.63. The SMILES string of the molecule is C=CC(C)C=N/C=C\CC. The van der Waals surface area contributed by atoms with Crippen LogP contribution in [0.3, 0.4) is 0 Å². The van der Waals surface area contributed by atoms with Gasteiger partial charge in [-0.15, -0.1) is 6.58 Å². The fraction of sp³-hybridized carbons (Fsp3) is 0.444. The normalized spacial score (nSPS) is 14.6. The van der Waals surface area contributed by atoms with E-state index in [0.29, 0.717) is 5.92 Å². The molecule has 0 N–H and O–H groups in total. The fourth-order valence-electron chi connectivity index (χ4n) is 0.413. The van der Waals surface area contributed by atoms with E-state index in [2.05, 4.69) is 25.4 Å². The van der Waals surface area contributed by atoms with Crippen molar-refractivity contribution < 1.29 is 0 Å². The lowest BCUT2D eigenvalue weighted by Gasteiger charge is -1.90. The van der Waals surface area contributed by atoms with Crippen LogP contribution >= 0.6 is 0 Å². The van der Waals surface area contributed by atoms with Gasteiger partial charge in [0.15, 0.2) is 0 Å². The van der Waals surface area contributed by atoms with E-state index in [4.69, 9.17) is 0 Å². The van der Waals surface area contributed by atoms with E-state index < -0.39 is 0 Å². The number of hydrogen-bond acceptors (Lipinski definition) is 1. The molecule has 0 spiro atoms. The van der Waals surface area contributed by atoms with Gasteiger partial charge in [-0.2, -0.15) is 0 Å². The molecule has 0 saturated carbocycles. The van der Waals surface area contributed by atoms with Crippen LogP contribution in [0, 0.1) is 5.92 Å². The second-order valence-corrected chi connectivity index (χ2v) is 2.19. The van der Waals surface area contributed by atoms with Crippen LogP contribution in [0.15, 0.2) is 29.9 Å². The third kappa shape index (κ3) is 5.29. The number of allylic oxidation sites excluding steroid dienone is 2. The van der Waals surface area contributed by atoms with Gasteiger partial charge in [-0.1, -0.05) is 26.0 Å². The van der Waals surface area contributed by atoms with E-state index in [1.165, 1.54) is 0 Å². The quantitative estimate of drug-likeness (QED) is 0.417. The van der Waals surface area contributed by atoms with Crippen LogP contribution in [0.4, 0.5) is 0 Å². The molecule has 0 aliphatic rings. The van der Waals surface area contributed by atoms with Gasteiger partial charge in [0.1, 0.15) is 0 Å². The first kappa shape index (κ1) is 9.15. The Labute approximate surface area is 63.2 Å². The van der Waals surface area contributed by atoms with Gasteiger partial charge in [0, 0.05) is 18.3 Å². The highest BCUT2D eigenvalue weighted by Crippen LogP contribution is 1.90. The van der Waals surface area contributed by atoms with E-state index in [9.17, 15) is 0 Å². The van der Waals surface area contributed by atoms with Gasteiger partial charge in [0.2, 0.25) is 0 Å². The Bertz CT molecular complexity index is 134. The van der Waals surface area contributed by atoms with Crippen molar-refractivity contribution in [2.75, 3.05) is 0 Å². The first-order valence-corrected chi connectivity index (χ1v) is 3.62. The van der Waals surface area contributed by atoms with Crippen molar-refractivity contribution in [3.05, 3.63) is 24.9 Å². The van der Waals surface area contributed by atoms with Crippen molar-refractivity contribution in [2.24, 2.45) is 10.9 Å². The monoisotopic (exact) mass is 137 g/mol. The molecule has 1 heteroatoms. The van der Waals surface area contributed by atoms with Crippen molar-refractivity contribution in [3.63, 3.8) is 0 Å². The zero-order valence-corrected chi connectivity index (χ0v) is 6.75. The number of aliphatic imine (C=N–C) groups is 1. The van der Waals surface area contributed by atoms with E-state index in [1.54, 1.807) is 0 Å². The van der Waals surface area contributed by atoms with Gasteiger partial charge in [-0.25, -0.2) is 0 Å². The summed E-state index contributed by atoms with van der Waals surface area (Å²) in [6.07, 6.45) is 8.62. The molecular formula is C9H15N. The van der Waals surface area contributed by atoms with E-state index in [-0.39, 0.29) is 0 Å². The Kier molecular flexibility index (Phi) is 5.74. The van der Waals surface area contributed by atoms with Crippen molar-refractivity contribution in [3.8, 4) is 0 Å². The molecule has 1 atom stereocenters. The third-order valence-corrected chi connectivity index (χ3v) is 1.12. The molecule has 0 radical (unpaired) electrons. The lowest BCUT2D eigenvalue weighted by molar-refractivity contribution is 1.03. The number of nitrogens with zero attached hydrogens (tertiary/aromatic N) is 1. The summed E-state index contributed by atoms with van der Waals surface area (Å²) < 4.78 is 0. The van der Waals surface area contributed by atoms with Crippen LogP contribution in [-0.4, -0.2) is 6.21 Å². The largest absolute Gasteiger partial charge is 0.269 e. The minimum absolute atomic E-state index is 0.376. The molecule has 0 bridgehead atoms. The van der Waals surface area contributed by atoms with E-state index >= 15 is 0 Å². The van der Waals surface area contributed by atoms with Gasteiger partial charge in [0.05, 0.1) is 0 Å². The molecule has 0 aromatic carbocycles. The Hall–Kier alpha value is -0.850. The van der Waals surface area contributed by atoms with Crippen molar-refractivity contribution in [2.45, 2.75) is 20.3 Å². The van der Waals surface area contributed by atoms with Crippen molar-refractivity contribution in [1.82, 2.24) is 0 Å². The van der Waals surface area contributed by atoms with Gasteiger partial charge in [-0.05, 0) is 6.42 Å². The summed E-state index contributed by atoms with van der Waals surface area (Å²) in [6.45, 7) is 7.78. The van der Waals surface area contributed by atoms with Crippen LogP contribution in [0.25, 0.3) is 0 Å². The predicted octanol–water partition coefficient (Wildman–Crippen LogP) is 2.80. The summed E-state index contributed by atoms with van der Waals surface area (Å²) in [6, 6.07) is 0. The van der Waals surface area contributed by atoms with Gasteiger partial charge in [-0.3, -0.25) is 4.99 Å². The minimum atomic E-state index is 0.376. The first-order valence-electron chi connectivity index (χ1n) is 3.62. The number of rotatable bonds is 4. The van der Waals surface area contributed by atoms with Crippen LogP contribution < -0.4 is 0 Å². The van der Waals surface area contributed by atoms with Crippen molar-refractivity contribution in [1.29, 1.82) is 0 Å². The zero-order valence-electron chi connectivity index (χ0n) is 6.75. The first-order chi connectivity index (χ1) is 4.81. The Balaban J connectivity index is 3.54. The van der Waals surface area contributed by atoms with Gasteiger partial charge in [0.25, 0.3) is 0 Å². The molecule has 1 unspecified atom stereocenters. The second-order valence-electron chi connectivity index (χ2n) is 2.19. The molecular weight excluding hydrogens is 122 g/mol. The highest BCUT2D eigenvalue weighted by atomic mass is 14.7. The summed E-state index contributed by atoms with van der Waals surface area (Å²) >= 11 is 0. The average Bonchev–Trinajstić information content (AvgIpc) is 1.98. The highest BCUT2D eigenvalue weighted by Gasteiger charge is 1.83. The minimum Gasteiger partial charge on any atom is -0.269 e. The molecule has 0 aliphatic carbocycles. The summed E-state index contributed by atoms with van der Waals surface area (Å²) in [4.78, 5) is 4.06. The standard InChI is InChI=1S/C9H15N/c1-4-6-7-10-8-9(3)5-2/h5-9H,2,4H2,1,3H3/b7-6-,10-8?. The predicted molar refractivity (Wildman–Crippen MR) is 47.3 cm³/mol. The molecule has 0 fully saturated rings. The van der Waals surface area contributed by atoms with Crippen LogP contribution in [-0.2, 0) is 0 Å². The van der Waals surface area contributed by atoms with Crippen LogP contribution in [0.1, 0.15) is 20.3 Å². The molecule has 0 rings (SSSR count). The van der Waals surface area contributed by atoms with E-state index in [1.807, 2.05) is 24.6 Å². The maximum absolute atomic E-state index is 4.06. The molecule has 0 amide bonds. The number of hydrogen-bond donors (Lipinski definition) is 0. The molecule has 1 nitrogen and oxygen atoms in total. The van der Waals surface area contributed by atoms with Crippen LogP contribution in [0.5, 0.6) is 0 Å².